The van der Waals surface area contributed by atoms with Crippen LogP contribution in [0.25, 0.3) is 0 Å². The van der Waals surface area contributed by atoms with Crippen molar-refractivity contribution in [3.8, 4) is 0 Å². The molecular formula is C16H24Cl2N2. The number of hydrogen-bond donors (Lipinski definition) is 1. The molecule has 1 fully saturated rings. The molecule has 2 unspecified atom stereocenters. The number of nitrogens with one attached hydrogen (secondary N) is 1. The fourth-order valence-corrected chi connectivity index (χ4v) is 3.22. The lowest BCUT2D eigenvalue weighted by atomic mass is 9.89. The number of piperazine rings is 1. The van der Waals surface area contributed by atoms with Gasteiger partial charge in [-0.3, -0.25) is 0 Å². The number of benzene rings is 1. The predicted molar refractivity (Wildman–Crippen MR) is 89.1 cm³/mol. The highest BCUT2D eigenvalue weighted by Gasteiger charge is 2.36. The van der Waals surface area contributed by atoms with Crippen molar-refractivity contribution in [1.29, 1.82) is 0 Å². The molecule has 0 bridgehead atoms. The van der Waals surface area contributed by atoms with E-state index < -0.39 is 0 Å². The molecule has 1 aromatic carbocycles. The van der Waals surface area contributed by atoms with Gasteiger partial charge in [-0.15, -0.1) is 0 Å². The van der Waals surface area contributed by atoms with Crippen molar-refractivity contribution in [3.63, 3.8) is 0 Å². The van der Waals surface area contributed by atoms with Gasteiger partial charge in [-0.1, -0.05) is 50.0 Å². The highest BCUT2D eigenvalue weighted by Crippen LogP contribution is 2.36. The topological polar surface area (TPSA) is 15.3 Å². The third kappa shape index (κ3) is 3.08. The number of anilines is 1. The molecule has 20 heavy (non-hydrogen) atoms. The number of hydrogen-bond acceptors (Lipinski definition) is 2. The summed E-state index contributed by atoms with van der Waals surface area (Å²) in [5.74, 6) is 0.555. The Labute approximate surface area is 132 Å². The average molecular weight is 315 g/mol. The summed E-state index contributed by atoms with van der Waals surface area (Å²) in [7, 11) is 0. The quantitative estimate of drug-likeness (QED) is 0.877. The fraction of sp³-hybridized carbons (Fsp3) is 0.625. The van der Waals surface area contributed by atoms with E-state index in [1.54, 1.807) is 0 Å². The maximum absolute atomic E-state index is 6.44. The molecule has 1 aliphatic heterocycles. The number of rotatable bonds is 3. The van der Waals surface area contributed by atoms with Crippen LogP contribution in [0.15, 0.2) is 18.2 Å². The first-order chi connectivity index (χ1) is 9.38. The molecule has 2 nitrogen and oxygen atoms in total. The Morgan fingerprint density at radius 3 is 2.70 bits per heavy atom. The number of halogens is 2. The highest BCUT2D eigenvalue weighted by molar-refractivity contribution is 6.43. The highest BCUT2D eigenvalue weighted by atomic mass is 35.5. The van der Waals surface area contributed by atoms with Gasteiger partial charge < -0.3 is 10.2 Å². The fourth-order valence-electron chi connectivity index (χ4n) is 2.82. The van der Waals surface area contributed by atoms with Gasteiger partial charge in [-0.2, -0.15) is 0 Å². The van der Waals surface area contributed by atoms with Crippen molar-refractivity contribution in [2.75, 3.05) is 18.0 Å². The molecule has 1 aliphatic rings. The lowest BCUT2D eigenvalue weighted by Gasteiger charge is -2.49. The molecule has 0 aliphatic carbocycles. The van der Waals surface area contributed by atoms with Gasteiger partial charge >= 0.3 is 0 Å². The Hall–Kier alpha value is -0.440. The van der Waals surface area contributed by atoms with Crippen LogP contribution in [-0.4, -0.2) is 24.7 Å². The van der Waals surface area contributed by atoms with Gasteiger partial charge in [0.25, 0.3) is 0 Å². The summed E-state index contributed by atoms with van der Waals surface area (Å²) in [6.45, 7) is 10.9. The Bertz CT molecular complexity index is 476. The van der Waals surface area contributed by atoms with E-state index in [1.165, 1.54) is 0 Å². The smallest absolute Gasteiger partial charge is 0.0825 e. The third-order valence-electron chi connectivity index (χ3n) is 4.45. The molecule has 1 N–H and O–H groups in total. The Morgan fingerprint density at radius 1 is 1.40 bits per heavy atom. The van der Waals surface area contributed by atoms with Crippen LogP contribution in [0, 0.1) is 5.92 Å². The lowest BCUT2D eigenvalue weighted by molar-refractivity contribution is 0.253. The van der Waals surface area contributed by atoms with Gasteiger partial charge in [0.15, 0.2) is 0 Å². The van der Waals surface area contributed by atoms with Gasteiger partial charge in [0.05, 0.1) is 15.7 Å². The van der Waals surface area contributed by atoms with E-state index in [0.717, 1.165) is 25.2 Å². The molecule has 1 saturated heterocycles. The summed E-state index contributed by atoms with van der Waals surface area (Å²) < 4.78 is 0. The van der Waals surface area contributed by atoms with E-state index in [-0.39, 0.29) is 5.54 Å². The van der Waals surface area contributed by atoms with Gasteiger partial charge in [0, 0.05) is 24.7 Å². The zero-order valence-electron chi connectivity index (χ0n) is 12.7. The monoisotopic (exact) mass is 314 g/mol. The second-order valence-electron chi connectivity index (χ2n) is 6.31. The molecule has 0 aromatic heterocycles. The van der Waals surface area contributed by atoms with Crippen LogP contribution in [0.5, 0.6) is 0 Å². The normalized spacial score (nSPS) is 27.1. The van der Waals surface area contributed by atoms with Crippen molar-refractivity contribution in [2.24, 2.45) is 5.92 Å². The summed E-state index contributed by atoms with van der Waals surface area (Å²) in [4.78, 5) is 2.43. The molecule has 1 aromatic rings. The van der Waals surface area contributed by atoms with Crippen molar-refractivity contribution in [3.05, 3.63) is 28.2 Å². The Balaban J connectivity index is 2.39. The summed E-state index contributed by atoms with van der Waals surface area (Å²) in [5, 5.41) is 4.99. The molecule has 0 spiro atoms. The van der Waals surface area contributed by atoms with Gasteiger partial charge in [0.2, 0.25) is 0 Å². The predicted octanol–water partition coefficient (Wildman–Crippen LogP) is 4.60. The molecule has 0 saturated carbocycles. The van der Waals surface area contributed by atoms with Crippen molar-refractivity contribution in [2.45, 2.75) is 45.7 Å². The second-order valence-corrected chi connectivity index (χ2v) is 7.09. The third-order valence-corrected chi connectivity index (χ3v) is 5.26. The first-order valence-corrected chi connectivity index (χ1v) is 8.09. The van der Waals surface area contributed by atoms with Crippen LogP contribution < -0.4 is 10.2 Å². The van der Waals surface area contributed by atoms with Crippen LogP contribution >= 0.6 is 23.2 Å². The molecule has 0 amide bonds. The van der Waals surface area contributed by atoms with Crippen LogP contribution in [0.4, 0.5) is 5.69 Å². The van der Waals surface area contributed by atoms with Crippen LogP contribution in [0.2, 0.25) is 10.0 Å². The zero-order chi connectivity index (χ0) is 14.9. The van der Waals surface area contributed by atoms with E-state index in [0.29, 0.717) is 22.0 Å². The van der Waals surface area contributed by atoms with E-state index in [2.05, 4.69) is 44.0 Å². The van der Waals surface area contributed by atoms with Crippen molar-refractivity contribution < 1.29 is 0 Å². The van der Waals surface area contributed by atoms with E-state index in [4.69, 9.17) is 23.2 Å². The first kappa shape index (κ1) is 15.9. The van der Waals surface area contributed by atoms with Gasteiger partial charge in [-0.05, 0) is 31.4 Å². The minimum absolute atomic E-state index is 0.122. The van der Waals surface area contributed by atoms with E-state index in [9.17, 15) is 0 Å². The second kappa shape index (κ2) is 6.13. The molecule has 2 rings (SSSR count). The van der Waals surface area contributed by atoms with Crippen molar-refractivity contribution >= 4 is 28.9 Å². The van der Waals surface area contributed by atoms with Crippen LogP contribution in [0.1, 0.15) is 34.1 Å². The summed E-state index contributed by atoms with van der Waals surface area (Å²) in [6, 6.07) is 6.33. The zero-order valence-corrected chi connectivity index (χ0v) is 14.2. The first-order valence-electron chi connectivity index (χ1n) is 7.33. The molecule has 2 atom stereocenters. The summed E-state index contributed by atoms with van der Waals surface area (Å²) in [5.41, 5.74) is 1.18. The minimum atomic E-state index is 0.122. The van der Waals surface area contributed by atoms with E-state index >= 15 is 0 Å². The maximum atomic E-state index is 6.44. The van der Waals surface area contributed by atoms with Gasteiger partial charge in [0.1, 0.15) is 0 Å². The number of nitrogens with zero attached hydrogens (tertiary/aromatic N) is 1. The SMILES string of the molecule is CCC1(C)CN(c2cccc(Cl)c2Cl)C(C(C)C)CN1. The minimum Gasteiger partial charge on any atom is -0.364 e. The average Bonchev–Trinajstić information content (AvgIpc) is 2.41. The molecular weight excluding hydrogens is 291 g/mol. The van der Waals surface area contributed by atoms with E-state index in [1.807, 2.05) is 12.1 Å². The maximum Gasteiger partial charge on any atom is 0.0825 e. The van der Waals surface area contributed by atoms with Gasteiger partial charge in [-0.25, -0.2) is 0 Å². The standard InChI is InChI=1S/C16H24Cl2N2/c1-5-16(4)10-20(14(9-19-16)11(2)3)13-8-6-7-12(17)15(13)18/h6-8,11,14,19H,5,9-10H2,1-4H3. The van der Waals surface area contributed by atoms with Crippen molar-refractivity contribution in [1.82, 2.24) is 5.32 Å². The molecule has 0 radical (unpaired) electrons. The Kier molecular flexibility index (Phi) is 4.88. The molecule has 1 heterocycles. The Morgan fingerprint density at radius 2 is 2.10 bits per heavy atom. The summed E-state index contributed by atoms with van der Waals surface area (Å²) in [6.07, 6.45) is 1.09. The van der Waals surface area contributed by atoms with Crippen LogP contribution in [-0.2, 0) is 0 Å². The lowest BCUT2D eigenvalue weighted by Crippen LogP contribution is -2.64. The molecule has 112 valence electrons. The summed E-state index contributed by atoms with van der Waals surface area (Å²) >= 11 is 12.6. The largest absolute Gasteiger partial charge is 0.364 e. The molecule has 4 heteroatoms. The van der Waals surface area contributed by atoms with Crippen LogP contribution in [0.3, 0.4) is 0 Å².